The molecule has 2 bridgehead atoms. The van der Waals surface area contributed by atoms with Crippen LogP contribution in [0.1, 0.15) is 82.0 Å². The second-order valence-electron chi connectivity index (χ2n) is 11.8. The lowest BCUT2D eigenvalue weighted by Gasteiger charge is -2.39. The molecule has 4 N–H and O–H groups in total. The molecule has 5 heterocycles. The monoisotopic (exact) mass is 572 g/mol. The van der Waals surface area contributed by atoms with Crippen LogP contribution in [0.4, 0.5) is 10.9 Å². The number of aromatic nitrogens is 5. The van der Waals surface area contributed by atoms with Crippen LogP contribution in [-0.2, 0) is 20.7 Å². The number of carbonyl (C=O) groups excluding carboxylic acids is 2. The van der Waals surface area contributed by atoms with Gasteiger partial charge in [0.1, 0.15) is 11.1 Å². The van der Waals surface area contributed by atoms with Gasteiger partial charge in [0, 0.05) is 35.3 Å². The number of amides is 1. The molecule has 3 atom stereocenters. The highest BCUT2D eigenvalue weighted by atomic mass is 35.5. The van der Waals surface area contributed by atoms with Crippen molar-refractivity contribution in [1.29, 1.82) is 0 Å². The highest BCUT2D eigenvalue weighted by Crippen LogP contribution is 2.42. The number of thiazole rings is 1. The number of hydrogen-bond donors (Lipinski definition) is 3. The fraction of sp³-hybridized carbons (Fsp3) is 0.615. The number of carbonyl (C=O) groups is 2. The minimum atomic E-state index is -0.494. The van der Waals surface area contributed by atoms with Crippen LogP contribution >= 0.6 is 22.9 Å². The number of halogens is 1. The largest absolute Gasteiger partial charge is 0.460 e. The average Bonchev–Trinajstić information content (AvgIpc) is 3.47. The molecule has 3 aromatic rings. The third-order valence-corrected chi connectivity index (χ3v) is 9.16. The Balaban J connectivity index is 1.08. The Morgan fingerprint density at radius 2 is 1.92 bits per heavy atom. The predicted octanol–water partition coefficient (Wildman–Crippen LogP) is 4.20. The number of rotatable bonds is 4. The van der Waals surface area contributed by atoms with E-state index < -0.39 is 5.60 Å². The summed E-state index contributed by atoms with van der Waals surface area (Å²) < 4.78 is 7.66. The zero-order chi connectivity index (χ0) is 27.5. The first-order valence-electron chi connectivity index (χ1n) is 13.5. The Kier molecular flexibility index (Phi) is 6.75. The summed E-state index contributed by atoms with van der Waals surface area (Å²) in [6.45, 7) is 5.70. The van der Waals surface area contributed by atoms with E-state index in [1.165, 1.54) is 11.3 Å². The first-order valence-corrected chi connectivity index (χ1v) is 14.7. The molecule has 0 aromatic carbocycles. The van der Waals surface area contributed by atoms with Crippen molar-refractivity contribution in [2.24, 2.45) is 11.8 Å². The SMILES string of the molecule is CC(C)(C)OC(=O)C1C[C@H]2Cc3nc(NC(=O)[C@H]4CC[C@@H](n5cnc6c(N)nc(Cl)nc65)CC4)sc3[C@@H](C1)N2. The Hall–Kier alpha value is -2.83. The number of nitrogen functional groups attached to an aromatic ring is 1. The van der Waals surface area contributed by atoms with Gasteiger partial charge in [-0.2, -0.15) is 9.97 Å². The number of ether oxygens (including phenoxy) is 1. The van der Waals surface area contributed by atoms with Crippen molar-refractivity contribution < 1.29 is 14.3 Å². The highest BCUT2D eigenvalue weighted by Gasteiger charge is 2.41. The van der Waals surface area contributed by atoms with Gasteiger partial charge in [-0.3, -0.25) is 9.59 Å². The van der Waals surface area contributed by atoms with E-state index in [0.29, 0.717) is 22.7 Å². The van der Waals surface area contributed by atoms with E-state index in [1.54, 1.807) is 6.33 Å². The Labute approximate surface area is 235 Å². The van der Waals surface area contributed by atoms with Gasteiger partial charge in [0.2, 0.25) is 11.2 Å². The molecule has 0 radical (unpaired) electrons. The maximum Gasteiger partial charge on any atom is 0.309 e. The Bertz CT molecular complexity index is 1420. The Morgan fingerprint density at radius 3 is 2.67 bits per heavy atom. The molecule has 13 heteroatoms. The van der Waals surface area contributed by atoms with Crippen molar-refractivity contribution in [2.45, 2.75) is 89.4 Å². The number of imidazole rings is 1. The quantitative estimate of drug-likeness (QED) is 0.309. The predicted molar refractivity (Wildman–Crippen MR) is 148 cm³/mol. The van der Waals surface area contributed by atoms with Crippen molar-refractivity contribution in [3.8, 4) is 0 Å². The number of piperidine rings is 1. The summed E-state index contributed by atoms with van der Waals surface area (Å²) in [6, 6.07) is 0.407. The first-order chi connectivity index (χ1) is 18.5. The van der Waals surface area contributed by atoms with Crippen molar-refractivity contribution in [3.63, 3.8) is 0 Å². The average molecular weight is 573 g/mol. The van der Waals surface area contributed by atoms with Gasteiger partial charge in [-0.1, -0.05) is 11.3 Å². The molecule has 39 heavy (non-hydrogen) atoms. The molecule has 3 aliphatic rings. The van der Waals surface area contributed by atoms with E-state index in [9.17, 15) is 9.59 Å². The molecule has 11 nitrogen and oxygen atoms in total. The van der Waals surface area contributed by atoms with Gasteiger partial charge in [-0.15, -0.1) is 0 Å². The number of nitrogens with zero attached hydrogens (tertiary/aromatic N) is 5. The van der Waals surface area contributed by atoms with Gasteiger partial charge in [0.05, 0.1) is 17.9 Å². The van der Waals surface area contributed by atoms with Gasteiger partial charge in [-0.25, -0.2) is 9.97 Å². The normalized spacial score (nSPS) is 26.7. The molecular formula is C26H33ClN8O3S. The fourth-order valence-corrected chi connectivity index (χ4v) is 7.36. The molecule has 0 spiro atoms. The third-order valence-electron chi connectivity index (χ3n) is 7.86. The summed E-state index contributed by atoms with van der Waals surface area (Å²) >= 11 is 7.54. The maximum atomic E-state index is 13.2. The smallest absolute Gasteiger partial charge is 0.309 e. The molecule has 2 fully saturated rings. The number of esters is 1. The fourth-order valence-electron chi connectivity index (χ4n) is 6.12. The summed E-state index contributed by atoms with van der Waals surface area (Å²) in [7, 11) is 0. The molecule has 2 aliphatic heterocycles. The topological polar surface area (TPSA) is 150 Å². The zero-order valence-corrected chi connectivity index (χ0v) is 23.8. The van der Waals surface area contributed by atoms with Crippen LogP contribution in [0.3, 0.4) is 0 Å². The van der Waals surface area contributed by atoms with Crippen molar-refractivity contribution in [2.75, 3.05) is 11.1 Å². The minimum absolute atomic E-state index is 0.00668. The zero-order valence-electron chi connectivity index (χ0n) is 22.2. The van der Waals surface area contributed by atoms with Gasteiger partial charge in [-0.05, 0) is 70.9 Å². The van der Waals surface area contributed by atoms with Gasteiger partial charge in [0.15, 0.2) is 16.6 Å². The standard InChI is InChI=1S/C26H33ClN8O3S/c1-26(2,3)38-23(37)13-8-14-10-17-19(16(9-13)30-14)39-25(31-17)34-22(36)12-4-6-15(7-5-12)35-11-29-18-20(28)32-24(27)33-21(18)35/h11-16,30H,4-10H2,1-3H3,(H2,28,32,33)(H,31,34,36)/t12-,13?,14-,15+,16+/m0/s1. The van der Waals surface area contributed by atoms with Crippen LogP contribution in [-0.4, -0.2) is 48.0 Å². The van der Waals surface area contributed by atoms with E-state index in [0.717, 1.165) is 49.1 Å². The molecule has 1 amide bonds. The van der Waals surface area contributed by atoms with Crippen LogP contribution < -0.4 is 16.4 Å². The van der Waals surface area contributed by atoms with Gasteiger partial charge >= 0.3 is 5.97 Å². The third kappa shape index (κ3) is 5.33. The second kappa shape index (κ2) is 9.97. The number of nitrogens with two attached hydrogens (primary N) is 1. The summed E-state index contributed by atoms with van der Waals surface area (Å²) in [5.74, 6) is -0.0712. The van der Waals surface area contributed by atoms with Crippen LogP contribution in [0.15, 0.2) is 6.33 Å². The lowest BCUT2D eigenvalue weighted by molar-refractivity contribution is -0.162. The lowest BCUT2D eigenvalue weighted by atomic mass is 9.81. The lowest BCUT2D eigenvalue weighted by Crippen LogP contribution is -2.47. The highest BCUT2D eigenvalue weighted by molar-refractivity contribution is 7.16. The number of fused-ring (bicyclic) bond motifs is 5. The molecule has 1 unspecified atom stereocenters. The van der Waals surface area contributed by atoms with Crippen LogP contribution in [0.2, 0.25) is 5.28 Å². The first kappa shape index (κ1) is 26.4. The molecule has 6 rings (SSSR count). The second-order valence-corrected chi connectivity index (χ2v) is 13.2. The minimum Gasteiger partial charge on any atom is -0.460 e. The molecule has 1 saturated heterocycles. The van der Waals surface area contributed by atoms with Gasteiger partial charge < -0.3 is 25.7 Å². The number of hydrogen-bond acceptors (Lipinski definition) is 10. The summed E-state index contributed by atoms with van der Waals surface area (Å²) in [5, 5.41) is 7.46. The van der Waals surface area contributed by atoms with Crippen LogP contribution in [0.25, 0.3) is 11.2 Å². The summed E-state index contributed by atoms with van der Waals surface area (Å²) in [6.07, 6.45) is 7.04. The number of nitrogens with one attached hydrogen (secondary N) is 2. The van der Waals surface area contributed by atoms with Crippen LogP contribution in [0, 0.1) is 11.8 Å². The summed E-state index contributed by atoms with van der Waals surface area (Å²) in [4.78, 5) is 44.5. The molecule has 208 valence electrons. The van der Waals surface area contributed by atoms with Crippen LogP contribution in [0.5, 0.6) is 0 Å². The van der Waals surface area contributed by atoms with E-state index in [1.807, 2.05) is 25.3 Å². The molecular weight excluding hydrogens is 540 g/mol. The molecule has 1 saturated carbocycles. The Morgan fingerprint density at radius 1 is 1.15 bits per heavy atom. The van der Waals surface area contributed by atoms with Crippen molar-refractivity contribution in [1.82, 2.24) is 29.8 Å². The van der Waals surface area contributed by atoms with E-state index in [2.05, 4.69) is 25.6 Å². The maximum absolute atomic E-state index is 13.2. The summed E-state index contributed by atoms with van der Waals surface area (Å²) in [5.41, 5.74) is 7.65. The van der Waals surface area contributed by atoms with Gasteiger partial charge in [0.25, 0.3) is 0 Å². The van der Waals surface area contributed by atoms with E-state index in [4.69, 9.17) is 27.1 Å². The molecule has 1 aliphatic carbocycles. The van der Waals surface area contributed by atoms with Crippen molar-refractivity contribution in [3.05, 3.63) is 22.2 Å². The van der Waals surface area contributed by atoms with E-state index in [-0.39, 0.29) is 52.9 Å². The van der Waals surface area contributed by atoms with Crippen molar-refractivity contribution >= 4 is 56.9 Å². The molecule has 3 aromatic heterocycles. The number of anilines is 2. The van der Waals surface area contributed by atoms with E-state index >= 15 is 0 Å².